The minimum Gasteiger partial charge on any atom is -0.267 e. The van der Waals surface area contributed by atoms with Gasteiger partial charge in [-0.2, -0.15) is 18.3 Å². The molecule has 0 spiro atoms. The number of nitrogens with two attached hydrogens (primary N) is 1. The van der Waals surface area contributed by atoms with Crippen molar-refractivity contribution in [2.75, 3.05) is 0 Å². The summed E-state index contributed by atoms with van der Waals surface area (Å²) in [7, 11) is -3.93. The molecule has 0 atom stereocenters. The largest absolute Gasteiger partial charge is 0.412 e. The van der Waals surface area contributed by atoms with E-state index in [0.29, 0.717) is 11.1 Å². The van der Waals surface area contributed by atoms with Crippen LogP contribution in [0, 0.1) is 5.82 Å². The smallest absolute Gasteiger partial charge is 0.267 e. The summed E-state index contributed by atoms with van der Waals surface area (Å²) in [4.78, 5) is 13.0. The summed E-state index contributed by atoms with van der Waals surface area (Å²) in [5.74, 6) is -0.536. The minimum atomic E-state index is -4.53. The first-order valence-corrected chi connectivity index (χ1v) is 10.7. The van der Waals surface area contributed by atoms with Crippen LogP contribution in [0.1, 0.15) is 6.92 Å². The molecule has 1 aromatic heterocycles. The Morgan fingerprint density at radius 1 is 1.06 bits per heavy atom. The lowest BCUT2D eigenvalue weighted by atomic mass is 9.97. The highest BCUT2D eigenvalue weighted by Gasteiger charge is 2.29. The van der Waals surface area contributed by atoms with Crippen molar-refractivity contribution in [3.8, 4) is 22.3 Å². The Labute approximate surface area is 180 Å². The van der Waals surface area contributed by atoms with E-state index in [1.54, 1.807) is 0 Å². The summed E-state index contributed by atoms with van der Waals surface area (Å²) in [6.07, 6.45) is -2.42. The molecule has 2 aromatic carbocycles. The number of allylic oxidation sites excluding steroid dienone is 2. The average molecular weight is 467 g/mol. The highest BCUT2D eigenvalue weighted by atomic mass is 32.2. The van der Waals surface area contributed by atoms with E-state index in [1.807, 2.05) is 0 Å². The molecule has 0 saturated heterocycles. The van der Waals surface area contributed by atoms with Gasteiger partial charge in [0.2, 0.25) is 10.0 Å². The third-order valence-corrected chi connectivity index (χ3v) is 5.62. The highest BCUT2D eigenvalue weighted by molar-refractivity contribution is 7.89. The highest BCUT2D eigenvalue weighted by Crippen LogP contribution is 2.30. The van der Waals surface area contributed by atoms with E-state index in [-0.39, 0.29) is 16.0 Å². The van der Waals surface area contributed by atoms with Gasteiger partial charge in [0.15, 0.2) is 0 Å². The minimum absolute atomic E-state index is 0.0708. The Hall–Kier alpha value is -3.31. The quantitative estimate of drug-likeness (QED) is 0.455. The summed E-state index contributed by atoms with van der Waals surface area (Å²) in [5.41, 5.74) is -0.491. The standard InChI is InChI=1S/C21H17F4N3O3S/c1-13(21(23,24)25)10-11-28-20(29)19(15-2-6-16(22)7-3-15)18(12-27-28)14-4-8-17(9-5-14)32(26,30)31/h2-10,12H,11H2,1H3,(H2,26,30,31)/b13-10+. The van der Waals surface area contributed by atoms with Gasteiger partial charge in [0, 0.05) is 11.1 Å². The molecular weight excluding hydrogens is 450 g/mol. The van der Waals surface area contributed by atoms with Crippen molar-refractivity contribution in [1.29, 1.82) is 0 Å². The Kier molecular flexibility index (Phi) is 6.33. The zero-order valence-corrected chi connectivity index (χ0v) is 17.4. The first-order valence-electron chi connectivity index (χ1n) is 9.11. The van der Waals surface area contributed by atoms with Crippen LogP contribution in [0.4, 0.5) is 17.6 Å². The maximum Gasteiger partial charge on any atom is 0.412 e. The molecule has 168 valence electrons. The number of hydrogen-bond acceptors (Lipinski definition) is 4. The molecule has 0 bridgehead atoms. The molecule has 3 rings (SSSR count). The van der Waals surface area contributed by atoms with E-state index in [4.69, 9.17) is 5.14 Å². The van der Waals surface area contributed by atoms with Crippen LogP contribution in [0.15, 0.2) is 76.1 Å². The van der Waals surface area contributed by atoms with Crippen LogP contribution in [0.3, 0.4) is 0 Å². The maximum atomic E-state index is 13.4. The van der Waals surface area contributed by atoms with Gasteiger partial charge in [-0.1, -0.05) is 30.3 Å². The maximum absolute atomic E-state index is 13.4. The van der Waals surface area contributed by atoms with Gasteiger partial charge in [-0.3, -0.25) is 4.79 Å². The lowest BCUT2D eigenvalue weighted by Crippen LogP contribution is -2.25. The molecule has 0 aliphatic rings. The second kappa shape index (κ2) is 8.67. The Morgan fingerprint density at radius 2 is 1.62 bits per heavy atom. The van der Waals surface area contributed by atoms with Crippen LogP contribution in [-0.4, -0.2) is 24.4 Å². The Bertz CT molecular complexity index is 1330. The number of primary sulfonamides is 1. The summed E-state index contributed by atoms with van der Waals surface area (Å²) in [6, 6.07) is 10.3. The van der Waals surface area contributed by atoms with Crippen molar-refractivity contribution in [3.63, 3.8) is 0 Å². The fourth-order valence-corrected chi connectivity index (χ4v) is 3.41. The fraction of sp³-hybridized carbons (Fsp3) is 0.143. The molecule has 0 amide bonds. The van der Waals surface area contributed by atoms with Crippen molar-refractivity contribution in [2.24, 2.45) is 5.14 Å². The van der Waals surface area contributed by atoms with Gasteiger partial charge >= 0.3 is 6.18 Å². The molecule has 1 heterocycles. The van der Waals surface area contributed by atoms with Crippen LogP contribution in [0.25, 0.3) is 22.3 Å². The van der Waals surface area contributed by atoms with Crippen molar-refractivity contribution in [1.82, 2.24) is 9.78 Å². The SMILES string of the molecule is C/C(=C\Cn1ncc(-c2ccc(S(N)(=O)=O)cc2)c(-c2ccc(F)cc2)c1=O)C(F)(F)F. The lowest BCUT2D eigenvalue weighted by Gasteiger charge is -2.13. The van der Waals surface area contributed by atoms with Crippen molar-refractivity contribution < 1.29 is 26.0 Å². The molecule has 2 N–H and O–H groups in total. The molecule has 11 heteroatoms. The summed E-state index contributed by atoms with van der Waals surface area (Å²) < 4.78 is 75.6. The monoisotopic (exact) mass is 467 g/mol. The molecule has 0 aliphatic carbocycles. The van der Waals surface area contributed by atoms with Crippen molar-refractivity contribution in [2.45, 2.75) is 24.5 Å². The van der Waals surface area contributed by atoms with Crippen LogP contribution in [0.5, 0.6) is 0 Å². The first-order chi connectivity index (χ1) is 14.9. The summed E-state index contributed by atoms with van der Waals surface area (Å²) >= 11 is 0. The van der Waals surface area contributed by atoms with E-state index in [2.05, 4.69) is 5.10 Å². The van der Waals surface area contributed by atoms with Gasteiger partial charge in [-0.25, -0.2) is 22.6 Å². The normalized spacial score (nSPS) is 12.8. The number of hydrogen-bond donors (Lipinski definition) is 1. The number of alkyl halides is 3. The summed E-state index contributed by atoms with van der Waals surface area (Å²) in [5, 5.41) is 9.06. The number of sulfonamides is 1. The van der Waals surface area contributed by atoms with E-state index in [9.17, 15) is 30.8 Å². The topological polar surface area (TPSA) is 95.1 Å². The first kappa shape index (κ1) is 23.4. The predicted molar refractivity (Wildman–Crippen MR) is 111 cm³/mol. The molecule has 0 saturated carbocycles. The van der Waals surface area contributed by atoms with Crippen LogP contribution in [0.2, 0.25) is 0 Å². The number of benzene rings is 2. The van der Waals surface area contributed by atoms with E-state index < -0.39 is 39.7 Å². The molecule has 32 heavy (non-hydrogen) atoms. The molecule has 0 fully saturated rings. The van der Waals surface area contributed by atoms with Gasteiger partial charge < -0.3 is 0 Å². The third kappa shape index (κ3) is 5.11. The molecule has 0 unspecified atom stereocenters. The molecule has 0 radical (unpaired) electrons. The van der Waals surface area contributed by atoms with Crippen LogP contribution < -0.4 is 10.7 Å². The molecule has 6 nitrogen and oxygen atoms in total. The van der Waals surface area contributed by atoms with E-state index in [1.165, 1.54) is 42.6 Å². The molecule has 0 aliphatic heterocycles. The lowest BCUT2D eigenvalue weighted by molar-refractivity contribution is -0.0916. The second-order valence-corrected chi connectivity index (χ2v) is 8.44. The second-order valence-electron chi connectivity index (χ2n) is 6.88. The molecular formula is C21H17F4N3O3S. The number of rotatable bonds is 5. The van der Waals surface area contributed by atoms with Gasteiger partial charge in [0.05, 0.1) is 23.2 Å². The van der Waals surface area contributed by atoms with E-state index >= 15 is 0 Å². The molecule has 3 aromatic rings. The van der Waals surface area contributed by atoms with Crippen LogP contribution >= 0.6 is 0 Å². The average Bonchev–Trinajstić information content (AvgIpc) is 2.72. The Balaban J connectivity index is 2.17. The van der Waals surface area contributed by atoms with E-state index in [0.717, 1.165) is 29.8 Å². The number of nitrogens with zero attached hydrogens (tertiary/aromatic N) is 2. The Morgan fingerprint density at radius 3 is 2.16 bits per heavy atom. The zero-order chi connectivity index (χ0) is 23.7. The fourth-order valence-electron chi connectivity index (χ4n) is 2.90. The van der Waals surface area contributed by atoms with Crippen molar-refractivity contribution in [3.05, 3.63) is 82.5 Å². The van der Waals surface area contributed by atoms with Crippen molar-refractivity contribution >= 4 is 10.0 Å². The summed E-state index contributed by atoms with van der Waals surface area (Å²) in [6.45, 7) is 0.455. The predicted octanol–water partition coefficient (Wildman–Crippen LogP) is 3.87. The van der Waals surface area contributed by atoms with Crippen LogP contribution in [-0.2, 0) is 16.6 Å². The van der Waals surface area contributed by atoms with Gasteiger partial charge in [-0.15, -0.1) is 0 Å². The van der Waals surface area contributed by atoms with Gasteiger partial charge in [-0.05, 0) is 42.3 Å². The zero-order valence-electron chi connectivity index (χ0n) is 16.6. The number of aromatic nitrogens is 2. The number of halogens is 4. The van der Waals surface area contributed by atoms with Gasteiger partial charge in [0.1, 0.15) is 5.82 Å². The third-order valence-electron chi connectivity index (χ3n) is 4.69. The van der Waals surface area contributed by atoms with Gasteiger partial charge in [0.25, 0.3) is 5.56 Å².